The highest BCUT2D eigenvalue weighted by atomic mass is 19.1. The van der Waals surface area contributed by atoms with Crippen molar-refractivity contribution in [1.82, 2.24) is 5.32 Å². The maximum atomic E-state index is 13.0. The van der Waals surface area contributed by atoms with Gasteiger partial charge in [0.15, 0.2) is 0 Å². The van der Waals surface area contributed by atoms with Crippen molar-refractivity contribution in [3.05, 3.63) is 65.5 Å². The molecule has 0 amide bonds. The first-order valence-electron chi connectivity index (χ1n) is 7.26. The monoisotopic (exact) mass is 286 g/mol. The van der Waals surface area contributed by atoms with Crippen LogP contribution in [-0.4, -0.2) is 14.1 Å². The minimum atomic E-state index is -0.196. The van der Waals surface area contributed by atoms with Crippen molar-refractivity contribution in [3.8, 4) is 0 Å². The van der Waals surface area contributed by atoms with E-state index in [4.69, 9.17) is 0 Å². The third-order valence-electron chi connectivity index (χ3n) is 3.78. The second-order valence-corrected chi connectivity index (χ2v) is 5.65. The zero-order chi connectivity index (χ0) is 15.4. The van der Waals surface area contributed by atoms with Gasteiger partial charge < -0.3 is 10.2 Å². The topological polar surface area (TPSA) is 15.3 Å². The van der Waals surface area contributed by atoms with Crippen LogP contribution in [0, 0.1) is 5.82 Å². The molecule has 2 rings (SSSR count). The molecule has 0 saturated carbocycles. The van der Waals surface area contributed by atoms with Gasteiger partial charge in [-0.05, 0) is 49.2 Å². The van der Waals surface area contributed by atoms with Crippen LogP contribution in [0.2, 0.25) is 0 Å². The number of rotatable bonds is 5. The molecule has 3 heteroatoms. The van der Waals surface area contributed by atoms with Crippen LogP contribution in [0.4, 0.5) is 10.1 Å². The van der Waals surface area contributed by atoms with E-state index in [1.54, 1.807) is 0 Å². The Morgan fingerprint density at radius 3 is 1.67 bits per heavy atom. The number of halogens is 1. The number of nitrogens with one attached hydrogen (secondary N) is 1. The van der Waals surface area contributed by atoms with Gasteiger partial charge in [-0.15, -0.1) is 0 Å². The predicted molar refractivity (Wildman–Crippen MR) is 87.1 cm³/mol. The van der Waals surface area contributed by atoms with E-state index in [0.29, 0.717) is 0 Å². The molecule has 0 aliphatic carbocycles. The fraction of sp³-hybridized carbons (Fsp3) is 0.333. The van der Waals surface area contributed by atoms with E-state index in [1.807, 2.05) is 26.2 Å². The summed E-state index contributed by atoms with van der Waals surface area (Å²) in [5.74, 6) is -0.196. The minimum absolute atomic E-state index is 0.175. The van der Waals surface area contributed by atoms with E-state index < -0.39 is 0 Å². The quantitative estimate of drug-likeness (QED) is 0.881. The average molecular weight is 286 g/mol. The van der Waals surface area contributed by atoms with Crippen LogP contribution in [0.15, 0.2) is 48.5 Å². The smallest absolute Gasteiger partial charge is 0.123 e. The first-order chi connectivity index (χ1) is 9.97. The Morgan fingerprint density at radius 2 is 1.24 bits per heavy atom. The number of anilines is 1. The van der Waals surface area contributed by atoms with Gasteiger partial charge in [0.25, 0.3) is 0 Å². The molecule has 21 heavy (non-hydrogen) atoms. The first-order valence-corrected chi connectivity index (χ1v) is 7.26. The lowest BCUT2D eigenvalue weighted by Crippen LogP contribution is -2.22. The van der Waals surface area contributed by atoms with Gasteiger partial charge in [-0.3, -0.25) is 0 Å². The summed E-state index contributed by atoms with van der Waals surface area (Å²) in [6, 6.07) is 15.6. The van der Waals surface area contributed by atoms with Crippen LogP contribution < -0.4 is 10.2 Å². The Labute approximate surface area is 126 Å². The third-order valence-corrected chi connectivity index (χ3v) is 3.78. The summed E-state index contributed by atoms with van der Waals surface area (Å²) < 4.78 is 13.0. The fourth-order valence-corrected chi connectivity index (χ4v) is 2.38. The Bertz CT molecular complexity index is 561. The summed E-state index contributed by atoms with van der Waals surface area (Å²) in [6.45, 7) is 4.24. The highest BCUT2D eigenvalue weighted by molar-refractivity contribution is 5.46. The SMILES string of the molecule is CC(NC(C)c1ccc(N(C)C)cc1)c1ccc(F)cc1. The first kappa shape index (κ1) is 15.5. The molecule has 0 saturated heterocycles. The molecule has 0 bridgehead atoms. The van der Waals surface area contributed by atoms with Crippen molar-refractivity contribution in [3.63, 3.8) is 0 Å². The number of hydrogen-bond acceptors (Lipinski definition) is 2. The van der Waals surface area contributed by atoms with Crippen LogP contribution >= 0.6 is 0 Å². The molecule has 0 aromatic heterocycles. The Balaban J connectivity index is 2.03. The summed E-state index contributed by atoms with van der Waals surface area (Å²) in [5, 5.41) is 3.54. The number of benzene rings is 2. The van der Waals surface area contributed by atoms with E-state index in [-0.39, 0.29) is 17.9 Å². The van der Waals surface area contributed by atoms with Crippen LogP contribution in [-0.2, 0) is 0 Å². The molecule has 2 nitrogen and oxygen atoms in total. The van der Waals surface area contributed by atoms with Crippen LogP contribution in [0.5, 0.6) is 0 Å². The van der Waals surface area contributed by atoms with Gasteiger partial charge >= 0.3 is 0 Å². The van der Waals surface area contributed by atoms with Crippen LogP contribution in [0.3, 0.4) is 0 Å². The standard InChI is InChI=1S/C18H23FN2/c1-13(15-5-9-17(19)10-6-15)20-14(2)16-7-11-18(12-8-16)21(3)4/h5-14,20H,1-4H3. The highest BCUT2D eigenvalue weighted by Gasteiger charge is 2.11. The molecule has 1 N–H and O–H groups in total. The molecular weight excluding hydrogens is 263 g/mol. The van der Waals surface area contributed by atoms with Gasteiger partial charge in [0, 0.05) is 31.9 Å². The van der Waals surface area contributed by atoms with E-state index in [0.717, 1.165) is 5.56 Å². The number of nitrogens with zero attached hydrogens (tertiary/aromatic N) is 1. The van der Waals surface area contributed by atoms with Gasteiger partial charge in [-0.1, -0.05) is 24.3 Å². The molecule has 0 aliphatic rings. The molecule has 0 radical (unpaired) electrons. The zero-order valence-corrected chi connectivity index (χ0v) is 13.1. The van der Waals surface area contributed by atoms with Crippen molar-refractivity contribution in [2.75, 3.05) is 19.0 Å². The lowest BCUT2D eigenvalue weighted by atomic mass is 10.0. The maximum absolute atomic E-state index is 13.0. The third kappa shape index (κ3) is 4.05. The lowest BCUT2D eigenvalue weighted by molar-refractivity contribution is 0.494. The van der Waals surface area contributed by atoms with E-state index >= 15 is 0 Å². The summed E-state index contributed by atoms with van der Waals surface area (Å²) in [4.78, 5) is 2.09. The van der Waals surface area contributed by atoms with Gasteiger partial charge in [0.2, 0.25) is 0 Å². The molecule has 0 fully saturated rings. The summed E-state index contributed by atoms with van der Waals surface area (Å²) in [7, 11) is 4.07. The summed E-state index contributed by atoms with van der Waals surface area (Å²) in [6.07, 6.45) is 0. The normalized spacial score (nSPS) is 13.8. The summed E-state index contributed by atoms with van der Waals surface area (Å²) in [5.41, 5.74) is 3.53. The van der Waals surface area contributed by atoms with Crippen LogP contribution in [0.1, 0.15) is 37.1 Å². The average Bonchev–Trinajstić information content (AvgIpc) is 2.47. The predicted octanol–water partition coefficient (Wildman–Crippen LogP) is 4.30. The van der Waals surface area contributed by atoms with E-state index in [9.17, 15) is 4.39 Å². The lowest BCUT2D eigenvalue weighted by Gasteiger charge is -2.21. The second kappa shape index (κ2) is 6.72. The van der Waals surface area contributed by atoms with Gasteiger partial charge in [0.05, 0.1) is 0 Å². The molecule has 0 spiro atoms. The van der Waals surface area contributed by atoms with Gasteiger partial charge in [-0.2, -0.15) is 0 Å². The fourth-order valence-electron chi connectivity index (χ4n) is 2.38. The van der Waals surface area contributed by atoms with Gasteiger partial charge in [0.1, 0.15) is 5.82 Å². The number of hydrogen-bond donors (Lipinski definition) is 1. The second-order valence-electron chi connectivity index (χ2n) is 5.65. The summed E-state index contributed by atoms with van der Waals surface area (Å²) >= 11 is 0. The molecule has 0 heterocycles. The molecule has 0 aliphatic heterocycles. The van der Waals surface area contributed by atoms with E-state index in [1.165, 1.54) is 23.4 Å². The van der Waals surface area contributed by atoms with Gasteiger partial charge in [-0.25, -0.2) is 4.39 Å². The highest BCUT2D eigenvalue weighted by Crippen LogP contribution is 2.21. The molecule has 112 valence electrons. The van der Waals surface area contributed by atoms with Crippen molar-refractivity contribution in [1.29, 1.82) is 0 Å². The van der Waals surface area contributed by atoms with Crippen molar-refractivity contribution in [2.45, 2.75) is 25.9 Å². The maximum Gasteiger partial charge on any atom is 0.123 e. The van der Waals surface area contributed by atoms with Crippen molar-refractivity contribution >= 4 is 5.69 Å². The van der Waals surface area contributed by atoms with Crippen molar-refractivity contribution < 1.29 is 4.39 Å². The minimum Gasteiger partial charge on any atom is -0.378 e. The largest absolute Gasteiger partial charge is 0.378 e. The molecule has 2 atom stereocenters. The van der Waals surface area contributed by atoms with Crippen LogP contribution in [0.25, 0.3) is 0 Å². The molecule has 2 aromatic rings. The van der Waals surface area contributed by atoms with E-state index in [2.05, 4.69) is 48.3 Å². The Morgan fingerprint density at radius 1 is 0.810 bits per heavy atom. The molecule has 2 unspecified atom stereocenters. The van der Waals surface area contributed by atoms with Crippen molar-refractivity contribution in [2.24, 2.45) is 0 Å². The molecular formula is C18H23FN2. The zero-order valence-electron chi connectivity index (χ0n) is 13.1. The Hall–Kier alpha value is -1.87. The molecule has 2 aromatic carbocycles. The Kier molecular flexibility index (Phi) is 4.97.